The normalized spacial score (nSPS) is 10.6. The summed E-state index contributed by atoms with van der Waals surface area (Å²) in [7, 11) is 0. The van der Waals surface area contributed by atoms with Gasteiger partial charge in [-0.15, -0.1) is 0 Å². The Labute approximate surface area is 93.6 Å². The first-order valence-corrected chi connectivity index (χ1v) is 5.07. The highest BCUT2D eigenvalue weighted by atomic mass is 16.1. The van der Waals surface area contributed by atoms with Crippen LogP contribution in [0, 0.1) is 6.92 Å². The van der Waals surface area contributed by atoms with Crippen LogP contribution in [0.3, 0.4) is 0 Å². The van der Waals surface area contributed by atoms with E-state index in [-0.39, 0.29) is 12.3 Å². The number of rotatable bonds is 3. The van der Waals surface area contributed by atoms with Crippen molar-refractivity contribution in [3.05, 3.63) is 29.8 Å². The molecule has 0 N–H and O–H groups in total. The molecule has 1 aromatic heterocycles. The van der Waals surface area contributed by atoms with Crippen molar-refractivity contribution in [1.29, 1.82) is 0 Å². The van der Waals surface area contributed by atoms with Crippen molar-refractivity contribution in [3.8, 4) is 0 Å². The molecule has 0 unspecified atom stereocenters. The van der Waals surface area contributed by atoms with Gasteiger partial charge in [0.25, 0.3) is 0 Å². The van der Waals surface area contributed by atoms with Crippen molar-refractivity contribution in [2.24, 2.45) is 0 Å². The lowest BCUT2D eigenvalue weighted by atomic mass is 10.1. The van der Waals surface area contributed by atoms with Crippen molar-refractivity contribution in [3.63, 3.8) is 0 Å². The van der Waals surface area contributed by atoms with E-state index < -0.39 is 0 Å². The van der Waals surface area contributed by atoms with Crippen LogP contribution in [0.4, 0.5) is 0 Å². The van der Waals surface area contributed by atoms with Gasteiger partial charge in [0, 0.05) is 5.56 Å². The van der Waals surface area contributed by atoms with Gasteiger partial charge < -0.3 is 0 Å². The van der Waals surface area contributed by atoms with Gasteiger partial charge in [-0.25, -0.2) is 0 Å². The topological polar surface area (TPSA) is 47.8 Å². The summed E-state index contributed by atoms with van der Waals surface area (Å²) in [6, 6.07) is 3.95. The van der Waals surface area contributed by atoms with E-state index in [2.05, 4.69) is 16.8 Å². The van der Waals surface area contributed by atoms with Gasteiger partial charge in [0.1, 0.15) is 17.6 Å². The fourth-order valence-corrected chi connectivity index (χ4v) is 1.66. The molecule has 0 aliphatic carbocycles. The third kappa shape index (κ3) is 1.86. The number of benzene rings is 1. The van der Waals surface area contributed by atoms with E-state index in [0.29, 0.717) is 0 Å². The Balaban J connectivity index is 2.60. The number of hydrogen-bond donors (Lipinski definition) is 0. The molecule has 0 bridgehead atoms. The molecular formula is C12H13N3O. The predicted octanol–water partition coefficient (Wildman–Crippen LogP) is 1.97. The highest BCUT2D eigenvalue weighted by Gasteiger charge is 2.07. The van der Waals surface area contributed by atoms with Gasteiger partial charge in [-0.1, -0.05) is 12.7 Å². The molecule has 4 nitrogen and oxygen atoms in total. The summed E-state index contributed by atoms with van der Waals surface area (Å²) in [6.07, 6.45) is 1.75. The Kier molecular flexibility index (Phi) is 2.56. The van der Waals surface area contributed by atoms with Crippen LogP contribution in [0.5, 0.6) is 0 Å². The number of hydrogen-bond acceptors (Lipinski definition) is 3. The Morgan fingerprint density at radius 2 is 2.25 bits per heavy atom. The van der Waals surface area contributed by atoms with Crippen molar-refractivity contribution < 1.29 is 4.79 Å². The minimum absolute atomic E-state index is 0.0391. The van der Waals surface area contributed by atoms with Gasteiger partial charge in [0.05, 0.1) is 0 Å². The number of aromatic nitrogens is 3. The Bertz CT molecular complexity index is 569. The average Bonchev–Trinajstić information content (AvgIpc) is 2.57. The second-order valence-corrected chi connectivity index (χ2v) is 3.86. The quantitative estimate of drug-likeness (QED) is 0.786. The molecule has 16 heavy (non-hydrogen) atoms. The molecule has 0 atom stereocenters. The lowest BCUT2D eigenvalue weighted by Gasteiger charge is -1.95. The van der Waals surface area contributed by atoms with E-state index in [9.17, 15) is 4.79 Å². The standard InChI is InChI=1S/C12H13N3O/c1-4-10-5-8(2)6-11-12(10)14-15(13-11)7-9(3)16/h4-6H,1,7H2,2-3H3. The van der Waals surface area contributed by atoms with Crippen LogP contribution < -0.4 is 0 Å². The molecule has 2 rings (SSSR count). The molecule has 2 aromatic rings. The molecule has 0 aliphatic heterocycles. The van der Waals surface area contributed by atoms with E-state index in [1.165, 1.54) is 11.7 Å². The zero-order chi connectivity index (χ0) is 11.7. The molecule has 0 saturated carbocycles. The fourth-order valence-electron chi connectivity index (χ4n) is 1.66. The van der Waals surface area contributed by atoms with E-state index in [1.54, 1.807) is 6.08 Å². The lowest BCUT2D eigenvalue weighted by Crippen LogP contribution is -2.09. The van der Waals surface area contributed by atoms with Crippen LogP contribution >= 0.6 is 0 Å². The monoisotopic (exact) mass is 215 g/mol. The van der Waals surface area contributed by atoms with Crippen molar-refractivity contribution in [1.82, 2.24) is 15.0 Å². The number of ketones is 1. The molecule has 0 saturated heterocycles. The number of nitrogens with zero attached hydrogens (tertiary/aromatic N) is 3. The molecule has 1 aromatic carbocycles. The maximum atomic E-state index is 11.0. The minimum atomic E-state index is 0.0391. The fraction of sp³-hybridized carbons (Fsp3) is 0.250. The SMILES string of the molecule is C=Cc1cc(C)cc2nn(CC(C)=O)nc12. The van der Waals surface area contributed by atoms with Gasteiger partial charge in [0.15, 0.2) is 5.78 Å². The minimum Gasteiger partial charge on any atom is -0.298 e. The maximum Gasteiger partial charge on any atom is 0.153 e. The van der Waals surface area contributed by atoms with E-state index in [1.807, 2.05) is 19.1 Å². The van der Waals surface area contributed by atoms with Crippen LogP contribution in [-0.2, 0) is 11.3 Å². The third-order valence-electron chi connectivity index (χ3n) is 2.29. The van der Waals surface area contributed by atoms with Crippen LogP contribution in [-0.4, -0.2) is 20.8 Å². The summed E-state index contributed by atoms with van der Waals surface area (Å²) >= 11 is 0. The molecule has 0 radical (unpaired) electrons. The summed E-state index contributed by atoms with van der Waals surface area (Å²) in [5.74, 6) is 0.0391. The van der Waals surface area contributed by atoms with Crippen LogP contribution in [0.25, 0.3) is 17.1 Å². The molecule has 0 amide bonds. The number of aryl methyl sites for hydroxylation is 1. The van der Waals surface area contributed by atoms with Crippen molar-refractivity contribution in [2.75, 3.05) is 0 Å². The van der Waals surface area contributed by atoms with Crippen LogP contribution in [0.2, 0.25) is 0 Å². The second kappa shape index (κ2) is 3.89. The largest absolute Gasteiger partial charge is 0.298 e. The highest BCUT2D eigenvalue weighted by Crippen LogP contribution is 2.18. The summed E-state index contributed by atoms with van der Waals surface area (Å²) in [4.78, 5) is 12.4. The molecular weight excluding hydrogens is 202 g/mol. The van der Waals surface area contributed by atoms with Gasteiger partial charge >= 0.3 is 0 Å². The summed E-state index contributed by atoms with van der Waals surface area (Å²) in [5, 5.41) is 8.54. The van der Waals surface area contributed by atoms with Gasteiger partial charge in [-0.3, -0.25) is 4.79 Å². The first-order valence-electron chi connectivity index (χ1n) is 5.07. The first kappa shape index (κ1) is 10.5. The Morgan fingerprint density at radius 3 is 2.88 bits per heavy atom. The van der Waals surface area contributed by atoms with E-state index >= 15 is 0 Å². The summed E-state index contributed by atoms with van der Waals surface area (Å²) < 4.78 is 0. The number of fused-ring (bicyclic) bond motifs is 1. The molecule has 0 aliphatic rings. The zero-order valence-corrected chi connectivity index (χ0v) is 9.40. The maximum absolute atomic E-state index is 11.0. The molecule has 0 fully saturated rings. The van der Waals surface area contributed by atoms with Gasteiger partial charge in [-0.05, 0) is 31.5 Å². The smallest absolute Gasteiger partial charge is 0.153 e. The molecule has 1 heterocycles. The Hall–Kier alpha value is -1.97. The van der Waals surface area contributed by atoms with Crippen molar-refractivity contribution >= 4 is 22.9 Å². The number of Topliss-reactive ketones (excluding diaryl/α,β-unsaturated/α-hetero) is 1. The number of carbonyl (C=O) groups is 1. The van der Waals surface area contributed by atoms with Crippen LogP contribution in [0.15, 0.2) is 18.7 Å². The zero-order valence-electron chi connectivity index (χ0n) is 9.40. The highest BCUT2D eigenvalue weighted by molar-refractivity contribution is 5.84. The van der Waals surface area contributed by atoms with Gasteiger partial charge in [0.2, 0.25) is 0 Å². The molecule has 4 heteroatoms. The number of carbonyl (C=O) groups excluding carboxylic acids is 1. The average molecular weight is 215 g/mol. The van der Waals surface area contributed by atoms with E-state index in [0.717, 1.165) is 22.2 Å². The third-order valence-corrected chi connectivity index (χ3v) is 2.29. The Morgan fingerprint density at radius 1 is 1.50 bits per heavy atom. The predicted molar refractivity (Wildman–Crippen MR) is 63.0 cm³/mol. The van der Waals surface area contributed by atoms with Gasteiger partial charge in [-0.2, -0.15) is 15.0 Å². The summed E-state index contributed by atoms with van der Waals surface area (Å²) in [5.41, 5.74) is 3.65. The summed E-state index contributed by atoms with van der Waals surface area (Å²) in [6.45, 7) is 7.48. The van der Waals surface area contributed by atoms with Crippen molar-refractivity contribution in [2.45, 2.75) is 20.4 Å². The first-order chi connectivity index (χ1) is 7.60. The lowest BCUT2D eigenvalue weighted by molar-refractivity contribution is -0.117. The van der Waals surface area contributed by atoms with Crippen LogP contribution in [0.1, 0.15) is 18.1 Å². The van der Waals surface area contributed by atoms with E-state index in [4.69, 9.17) is 0 Å². The molecule has 0 spiro atoms. The molecule has 82 valence electrons. The second-order valence-electron chi connectivity index (χ2n) is 3.86.